The molecule has 0 saturated carbocycles. The van der Waals surface area contributed by atoms with Crippen LogP contribution >= 0.6 is 11.6 Å². The van der Waals surface area contributed by atoms with E-state index in [0.717, 1.165) is 18.0 Å². The molecule has 0 aliphatic carbocycles. The number of hydrogen-bond donors (Lipinski definition) is 0. The third-order valence-electron chi connectivity index (χ3n) is 4.45. The number of alkyl halides is 1. The van der Waals surface area contributed by atoms with Crippen molar-refractivity contribution >= 4 is 17.5 Å². The van der Waals surface area contributed by atoms with Gasteiger partial charge in [0.25, 0.3) is 0 Å². The van der Waals surface area contributed by atoms with Crippen molar-refractivity contribution in [1.29, 1.82) is 0 Å². The largest absolute Gasteiger partial charge is 0.332 e. The van der Waals surface area contributed by atoms with Gasteiger partial charge in [0.1, 0.15) is 23.3 Å². The molecule has 0 spiro atoms. The van der Waals surface area contributed by atoms with Gasteiger partial charge in [-0.15, -0.1) is 21.8 Å². The van der Waals surface area contributed by atoms with Gasteiger partial charge < -0.3 is 9.47 Å². The standard InChI is InChI=1S/C16H16ClF3N4O/c1-9-21-22-14-5-2-10(7-23(9)14)24(15(25)6-17)8-11-12(18)3-4-13(19)16(11)20/h3-4,10H,2,5-8H2,1H3. The molecule has 25 heavy (non-hydrogen) atoms. The van der Waals surface area contributed by atoms with Crippen molar-refractivity contribution in [3.8, 4) is 0 Å². The summed E-state index contributed by atoms with van der Waals surface area (Å²) in [7, 11) is 0. The Bertz CT molecular complexity index is 811. The van der Waals surface area contributed by atoms with Crippen molar-refractivity contribution in [1.82, 2.24) is 19.7 Å². The highest BCUT2D eigenvalue weighted by atomic mass is 35.5. The van der Waals surface area contributed by atoms with Crippen molar-refractivity contribution in [3.05, 3.63) is 46.8 Å². The van der Waals surface area contributed by atoms with Crippen molar-refractivity contribution in [3.63, 3.8) is 0 Å². The van der Waals surface area contributed by atoms with Gasteiger partial charge in [0, 0.05) is 18.5 Å². The fourth-order valence-corrected chi connectivity index (χ4v) is 3.23. The third kappa shape index (κ3) is 3.35. The number of nitrogens with zero attached hydrogens (tertiary/aromatic N) is 4. The van der Waals surface area contributed by atoms with Crippen LogP contribution < -0.4 is 0 Å². The molecule has 0 saturated heterocycles. The highest BCUT2D eigenvalue weighted by Gasteiger charge is 2.30. The van der Waals surface area contributed by atoms with Gasteiger partial charge in [0.15, 0.2) is 11.6 Å². The minimum absolute atomic E-state index is 0.330. The Balaban J connectivity index is 1.91. The zero-order valence-corrected chi connectivity index (χ0v) is 14.2. The minimum Gasteiger partial charge on any atom is -0.332 e. The van der Waals surface area contributed by atoms with Crippen LogP contribution in [0.3, 0.4) is 0 Å². The monoisotopic (exact) mass is 372 g/mol. The number of aryl methyl sites for hydroxylation is 2. The molecule has 1 aromatic heterocycles. The Labute approximate surface area is 147 Å². The molecule has 0 fully saturated rings. The fraction of sp³-hybridized carbons (Fsp3) is 0.438. The van der Waals surface area contributed by atoms with Crippen LogP contribution in [0.2, 0.25) is 0 Å². The summed E-state index contributed by atoms with van der Waals surface area (Å²) < 4.78 is 43.3. The molecule has 5 nitrogen and oxygen atoms in total. The highest BCUT2D eigenvalue weighted by molar-refractivity contribution is 6.27. The van der Waals surface area contributed by atoms with E-state index in [1.54, 1.807) is 6.92 Å². The van der Waals surface area contributed by atoms with Crippen LogP contribution in [-0.2, 0) is 24.3 Å². The van der Waals surface area contributed by atoms with Crippen LogP contribution in [0.1, 0.15) is 23.6 Å². The van der Waals surface area contributed by atoms with Crippen LogP contribution in [0.5, 0.6) is 0 Å². The topological polar surface area (TPSA) is 51.0 Å². The summed E-state index contributed by atoms with van der Waals surface area (Å²) >= 11 is 5.67. The second-order valence-corrected chi connectivity index (χ2v) is 6.21. The third-order valence-corrected chi connectivity index (χ3v) is 4.68. The SMILES string of the molecule is Cc1nnc2n1CC(N(Cc1c(F)ccc(F)c1F)C(=O)CCl)CC2. The van der Waals surface area contributed by atoms with Crippen molar-refractivity contribution in [2.45, 2.75) is 38.9 Å². The Hall–Kier alpha value is -2.09. The zero-order valence-electron chi connectivity index (χ0n) is 13.5. The lowest BCUT2D eigenvalue weighted by Crippen LogP contribution is -2.45. The molecule has 1 amide bonds. The van der Waals surface area contributed by atoms with E-state index < -0.39 is 28.9 Å². The first-order chi connectivity index (χ1) is 11.9. The van der Waals surface area contributed by atoms with Gasteiger partial charge in [-0.3, -0.25) is 4.79 Å². The summed E-state index contributed by atoms with van der Waals surface area (Å²) in [6.07, 6.45) is 1.13. The maximum atomic E-state index is 14.0. The number of amides is 1. The quantitative estimate of drug-likeness (QED) is 0.612. The molecule has 1 aliphatic rings. The number of carbonyl (C=O) groups is 1. The number of rotatable bonds is 4. The Morgan fingerprint density at radius 2 is 2.04 bits per heavy atom. The maximum Gasteiger partial charge on any atom is 0.238 e. The Kier molecular flexibility index (Phi) is 4.99. The lowest BCUT2D eigenvalue weighted by Gasteiger charge is -2.35. The fourth-order valence-electron chi connectivity index (χ4n) is 3.08. The van der Waals surface area contributed by atoms with Crippen molar-refractivity contribution in [2.75, 3.05) is 5.88 Å². The molecule has 134 valence electrons. The van der Waals surface area contributed by atoms with E-state index in [-0.39, 0.29) is 18.5 Å². The van der Waals surface area contributed by atoms with Crippen molar-refractivity contribution < 1.29 is 18.0 Å². The van der Waals surface area contributed by atoms with E-state index in [9.17, 15) is 18.0 Å². The smallest absolute Gasteiger partial charge is 0.238 e. The van der Waals surface area contributed by atoms with Gasteiger partial charge in [-0.2, -0.15) is 0 Å². The summed E-state index contributed by atoms with van der Waals surface area (Å²) in [6, 6.07) is 1.23. The number of aromatic nitrogens is 3. The normalized spacial score (nSPS) is 16.6. The van der Waals surface area contributed by atoms with Gasteiger partial charge in [-0.25, -0.2) is 13.2 Å². The summed E-state index contributed by atoms with van der Waals surface area (Å²) in [5.41, 5.74) is -0.482. The van der Waals surface area contributed by atoms with E-state index in [4.69, 9.17) is 11.6 Å². The second-order valence-electron chi connectivity index (χ2n) is 5.94. The highest BCUT2D eigenvalue weighted by Crippen LogP contribution is 2.24. The molecular formula is C16H16ClF3N4O. The zero-order chi connectivity index (χ0) is 18.1. The number of carbonyl (C=O) groups excluding carboxylic acids is 1. The van der Waals surface area contributed by atoms with Gasteiger partial charge in [-0.1, -0.05) is 0 Å². The predicted octanol–water partition coefficient (Wildman–Crippen LogP) is 2.59. The summed E-state index contributed by atoms with van der Waals surface area (Å²) in [4.78, 5) is 13.6. The number of benzene rings is 1. The molecule has 0 bridgehead atoms. The number of halogens is 4. The van der Waals surface area contributed by atoms with E-state index >= 15 is 0 Å². The molecule has 1 unspecified atom stereocenters. The average molecular weight is 373 g/mol. The van der Waals surface area contributed by atoms with E-state index in [2.05, 4.69) is 10.2 Å². The molecular weight excluding hydrogens is 357 g/mol. The Morgan fingerprint density at radius 1 is 1.32 bits per heavy atom. The van der Waals surface area contributed by atoms with Crippen LogP contribution in [0.15, 0.2) is 12.1 Å². The first-order valence-electron chi connectivity index (χ1n) is 7.78. The lowest BCUT2D eigenvalue weighted by atomic mass is 10.0. The molecule has 0 N–H and O–H groups in total. The molecule has 9 heteroatoms. The molecule has 1 aliphatic heterocycles. The number of hydrogen-bond acceptors (Lipinski definition) is 3. The van der Waals surface area contributed by atoms with Gasteiger partial charge in [0.2, 0.25) is 5.91 Å². The molecule has 0 radical (unpaired) electrons. The molecule has 3 rings (SSSR count). The first-order valence-corrected chi connectivity index (χ1v) is 8.32. The predicted molar refractivity (Wildman–Crippen MR) is 84.5 cm³/mol. The van der Waals surface area contributed by atoms with Gasteiger partial charge in [-0.05, 0) is 25.5 Å². The van der Waals surface area contributed by atoms with Crippen LogP contribution in [0.4, 0.5) is 13.2 Å². The first kappa shape index (κ1) is 17.7. The van der Waals surface area contributed by atoms with Gasteiger partial charge in [0.05, 0.1) is 12.6 Å². The minimum atomic E-state index is -1.29. The second kappa shape index (κ2) is 7.03. The van der Waals surface area contributed by atoms with E-state index in [0.29, 0.717) is 25.2 Å². The Morgan fingerprint density at radius 3 is 2.76 bits per heavy atom. The van der Waals surface area contributed by atoms with E-state index in [1.807, 2.05) is 4.57 Å². The summed E-state index contributed by atoms with van der Waals surface area (Å²) in [5.74, 6) is -2.65. The molecule has 2 aromatic rings. The van der Waals surface area contributed by atoms with Crippen LogP contribution in [0, 0.1) is 24.4 Å². The molecule has 1 aromatic carbocycles. The van der Waals surface area contributed by atoms with Crippen LogP contribution in [0.25, 0.3) is 0 Å². The molecule has 1 atom stereocenters. The van der Waals surface area contributed by atoms with Crippen molar-refractivity contribution in [2.24, 2.45) is 0 Å². The average Bonchev–Trinajstić information content (AvgIpc) is 2.98. The lowest BCUT2D eigenvalue weighted by molar-refractivity contribution is -0.132. The summed E-state index contributed by atoms with van der Waals surface area (Å²) in [6.45, 7) is 1.80. The van der Waals surface area contributed by atoms with Gasteiger partial charge >= 0.3 is 0 Å². The summed E-state index contributed by atoms with van der Waals surface area (Å²) in [5, 5.41) is 8.05. The van der Waals surface area contributed by atoms with Crippen LogP contribution in [-0.4, -0.2) is 37.5 Å². The van der Waals surface area contributed by atoms with E-state index in [1.165, 1.54) is 4.90 Å². The number of fused-ring (bicyclic) bond motifs is 1. The molecule has 2 heterocycles. The maximum absolute atomic E-state index is 14.0.